The molecule has 1 aliphatic rings. The van der Waals surface area contributed by atoms with E-state index in [9.17, 15) is 28.4 Å². The molecule has 1 aromatic rings. The summed E-state index contributed by atoms with van der Waals surface area (Å²) in [5.41, 5.74) is -0.649. The van der Waals surface area contributed by atoms with Crippen molar-refractivity contribution >= 4 is 30.0 Å². The molecule has 1 saturated heterocycles. The highest BCUT2D eigenvalue weighted by molar-refractivity contribution is 5.99. The van der Waals surface area contributed by atoms with E-state index in [1.54, 1.807) is 26.8 Å². The van der Waals surface area contributed by atoms with Gasteiger partial charge >= 0.3 is 5.97 Å². The first-order chi connectivity index (χ1) is 15.4. The molecule has 0 spiro atoms. The Labute approximate surface area is 191 Å². The van der Waals surface area contributed by atoms with E-state index in [-0.39, 0.29) is 12.1 Å². The number of nitrogens with zero attached hydrogens (tertiary/aromatic N) is 1. The number of carbonyl (C=O) groups excluding carboxylic acids is 4. The topological polar surface area (TPSA) is 133 Å². The van der Waals surface area contributed by atoms with Crippen molar-refractivity contribution in [2.24, 2.45) is 5.41 Å². The van der Waals surface area contributed by atoms with E-state index in [2.05, 4.69) is 10.6 Å². The lowest BCUT2D eigenvalue weighted by atomic mass is 9.85. The van der Waals surface area contributed by atoms with Gasteiger partial charge < -0.3 is 25.4 Å². The fraction of sp³-hybridized carbons (Fsp3) is 0.522. The molecular formula is C23H30FN3O6. The lowest BCUT2D eigenvalue weighted by Gasteiger charge is -2.35. The lowest BCUT2D eigenvalue weighted by molar-refractivity contribution is -0.143. The predicted molar refractivity (Wildman–Crippen MR) is 117 cm³/mol. The summed E-state index contributed by atoms with van der Waals surface area (Å²) in [7, 11) is 0. The number of carboxylic acid groups (broad SMARTS) is 1. The Hall–Kier alpha value is -3.30. The Morgan fingerprint density at radius 2 is 1.91 bits per heavy atom. The third kappa shape index (κ3) is 6.36. The minimum absolute atomic E-state index is 0.185. The van der Waals surface area contributed by atoms with E-state index < -0.39 is 59.5 Å². The highest BCUT2D eigenvalue weighted by atomic mass is 19.1. The third-order valence-electron chi connectivity index (χ3n) is 5.55. The van der Waals surface area contributed by atoms with Crippen molar-refractivity contribution in [3.63, 3.8) is 0 Å². The fourth-order valence-corrected chi connectivity index (χ4v) is 3.75. The quantitative estimate of drug-likeness (QED) is 0.500. The first kappa shape index (κ1) is 26.0. The van der Waals surface area contributed by atoms with Crippen LogP contribution in [0.3, 0.4) is 0 Å². The third-order valence-corrected chi connectivity index (χ3v) is 5.55. The molecule has 0 aliphatic carbocycles. The summed E-state index contributed by atoms with van der Waals surface area (Å²) < 4.78 is 14.4. The van der Waals surface area contributed by atoms with Crippen molar-refractivity contribution in [2.75, 3.05) is 6.54 Å². The van der Waals surface area contributed by atoms with Crippen LogP contribution in [0.5, 0.6) is 0 Å². The second-order valence-electron chi connectivity index (χ2n) is 9.25. The molecular weight excluding hydrogens is 433 g/mol. The van der Waals surface area contributed by atoms with Crippen LogP contribution in [0, 0.1) is 18.2 Å². The van der Waals surface area contributed by atoms with Gasteiger partial charge in [-0.05, 0) is 36.8 Å². The number of hydrogen-bond acceptors (Lipinski definition) is 5. The number of hydrogen-bond donors (Lipinski definition) is 3. The summed E-state index contributed by atoms with van der Waals surface area (Å²) in [6.45, 7) is 7.00. The van der Waals surface area contributed by atoms with Gasteiger partial charge in [-0.25, -0.2) is 4.39 Å². The molecule has 1 aliphatic heterocycles. The highest BCUT2D eigenvalue weighted by Crippen LogP contribution is 2.26. The number of halogens is 1. The van der Waals surface area contributed by atoms with Crippen molar-refractivity contribution in [3.8, 4) is 0 Å². The van der Waals surface area contributed by atoms with E-state index in [1.165, 1.54) is 24.0 Å². The standard InChI is InChI=1S/C23H30FN3O6/c1-13-7-5-8-15(18(13)24)20(31)26-19(23(2,3)4)22(33)27-10-6-9-16(27)21(32)25-14(12-28)11-17(29)30/h5,7-8,12,14,16,19H,6,9-11H2,1-4H3,(H,25,32)(H,26,31)(H,29,30)/t14-,16-,19+/m0/s1. The second-order valence-corrected chi connectivity index (χ2v) is 9.25. The summed E-state index contributed by atoms with van der Waals surface area (Å²) in [6.07, 6.45) is 0.611. The summed E-state index contributed by atoms with van der Waals surface area (Å²) in [5.74, 6) is -3.81. The number of nitrogens with one attached hydrogen (secondary N) is 2. The number of aldehydes is 1. The maximum Gasteiger partial charge on any atom is 0.305 e. The summed E-state index contributed by atoms with van der Waals surface area (Å²) in [6, 6.07) is 1.22. The SMILES string of the molecule is Cc1cccc(C(=O)N[C@H](C(=O)N2CCC[C@H]2C(=O)N[C@H](C=O)CC(=O)O)C(C)(C)C)c1F. The monoisotopic (exact) mass is 463 g/mol. The first-order valence-corrected chi connectivity index (χ1v) is 10.7. The van der Waals surface area contributed by atoms with Gasteiger partial charge in [-0.15, -0.1) is 0 Å². The Bertz CT molecular complexity index is 943. The van der Waals surface area contributed by atoms with Crippen LogP contribution < -0.4 is 10.6 Å². The molecule has 180 valence electrons. The number of aliphatic carboxylic acids is 1. The zero-order valence-corrected chi connectivity index (χ0v) is 19.2. The number of aryl methyl sites for hydroxylation is 1. The van der Waals surface area contributed by atoms with Crippen LogP contribution in [0.1, 0.15) is 56.0 Å². The molecule has 33 heavy (non-hydrogen) atoms. The van der Waals surface area contributed by atoms with Crippen LogP contribution in [0.15, 0.2) is 18.2 Å². The van der Waals surface area contributed by atoms with Gasteiger partial charge in [0.2, 0.25) is 11.8 Å². The molecule has 0 bridgehead atoms. The number of rotatable bonds is 8. The van der Waals surface area contributed by atoms with Crippen LogP contribution in [-0.4, -0.2) is 64.7 Å². The number of carboxylic acids is 1. The van der Waals surface area contributed by atoms with Crippen molar-refractivity contribution in [1.82, 2.24) is 15.5 Å². The van der Waals surface area contributed by atoms with E-state index in [0.717, 1.165) is 0 Å². The molecule has 0 aromatic heterocycles. The van der Waals surface area contributed by atoms with E-state index in [4.69, 9.17) is 5.11 Å². The molecule has 1 aromatic carbocycles. The van der Waals surface area contributed by atoms with E-state index >= 15 is 0 Å². The Kier molecular flexibility index (Phi) is 8.29. The molecule has 0 unspecified atom stereocenters. The smallest absolute Gasteiger partial charge is 0.305 e. The first-order valence-electron chi connectivity index (χ1n) is 10.7. The highest BCUT2D eigenvalue weighted by Gasteiger charge is 2.42. The molecule has 9 nitrogen and oxygen atoms in total. The van der Waals surface area contributed by atoms with Gasteiger partial charge in [0.05, 0.1) is 18.0 Å². The lowest BCUT2D eigenvalue weighted by Crippen LogP contribution is -2.58. The Morgan fingerprint density at radius 3 is 2.48 bits per heavy atom. The van der Waals surface area contributed by atoms with Crippen LogP contribution >= 0.6 is 0 Å². The van der Waals surface area contributed by atoms with Crippen molar-refractivity contribution in [2.45, 2.75) is 65.1 Å². The number of amides is 3. The molecule has 3 amide bonds. The molecule has 2 rings (SSSR count). The predicted octanol–water partition coefficient (Wildman–Crippen LogP) is 1.43. The second kappa shape index (κ2) is 10.5. The van der Waals surface area contributed by atoms with Gasteiger partial charge in [-0.3, -0.25) is 19.2 Å². The van der Waals surface area contributed by atoms with Crippen LogP contribution in [0.25, 0.3) is 0 Å². The average molecular weight is 464 g/mol. The minimum atomic E-state index is -1.24. The normalized spacial score (nSPS) is 17.7. The largest absolute Gasteiger partial charge is 0.481 e. The molecule has 10 heteroatoms. The van der Waals surface area contributed by atoms with E-state index in [1.807, 2.05) is 0 Å². The molecule has 1 fully saturated rings. The number of carbonyl (C=O) groups is 5. The zero-order valence-electron chi connectivity index (χ0n) is 19.2. The molecule has 3 N–H and O–H groups in total. The molecule has 1 heterocycles. The minimum Gasteiger partial charge on any atom is -0.481 e. The van der Waals surface area contributed by atoms with Gasteiger partial charge in [0.1, 0.15) is 24.2 Å². The van der Waals surface area contributed by atoms with Crippen molar-refractivity contribution in [3.05, 3.63) is 35.1 Å². The maximum atomic E-state index is 14.4. The Balaban J connectivity index is 2.23. The summed E-state index contributed by atoms with van der Waals surface area (Å²) in [4.78, 5) is 62.3. The summed E-state index contributed by atoms with van der Waals surface area (Å²) in [5, 5.41) is 13.9. The van der Waals surface area contributed by atoms with Crippen molar-refractivity contribution < 1.29 is 33.5 Å². The number of likely N-dealkylation sites (tertiary alicyclic amines) is 1. The van der Waals surface area contributed by atoms with Crippen LogP contribution in [0.4, 0.5) is 4.39 Å². The van der Waals surface area contributed by atoms with E-state index in [0.29, 0.717) is 24.7 Å². The van der Waals surface area contributed by atoms with Crippen LogP contribution in [-0.2, 0) is 19.2 Å². The average Bonchev–Trinajstić information content (AvgIpc) is 3.21. The van der Waals surface area contributed by atoms with Gasteiger partial charge in [0.15, 0.2) is 0 Å². The molecule has 3 atom stereocenters. The zero-order chi connectivity index (χ0) is 24.9. The van der Waals surface area contributed by atoms with Gasteiger partial charge in [0, 0.05) is 6.54 Å². The Morgan fingerprint density at radius 1 is 1.24 bits per heavy atom. The molecule has 0 radical (unpaired) electrons. The van der Waals surface area contributed by atoms with Gasteiger partial charge in [-0.1, -0.05) is 32.9 Å². The van der Waals surface area contributed by atoms with Gasteiger partial charge in [0.25, 0.3) is 5.91 Å². The fourth-order valence-electron chi connectivity index (χ4n) is 3.75. The summed E-state index contributed by atoms with van der Waals surface area (Å²) >= 11 is 0. The van der Waals surface area contributed by atoms with Crippen molar-refractivity contribution in [1.29, 1.82) is 0 Å². The molecule has 0 saturated carbocycles. The number of benzene rings is 1. The van der Waals surface area contributed by atoms with Crippen LogP contribution in [0.2, 0.25) is 0 Å². The maximum absolute atomic E-state index is 14.4. The van der Waals surface area contributed by atoms with Gasteiger partial charge in [-0.2, -0.15) is 0 Å².